The van der Waals surface area contributed by atoms with Crippen molar-refractivity contribution in [3.63, 3.8) is 0 Å². The number of amidine groups is 2. The van der Waals surface area contributed by atoms with Gasteiger partial charge >= 0.3 is 0 Å². The van der Waals surface area contributed by atoms with E-state index in [2.05, 4.69) is 145 Å². The van der Waals surface area contributed by atoms with E-state index in [1.807, 2.05) is 23.5 Å². The number of nitrogens with one attached hydrogen (secondary N) is 1. The summed E-state index contributed by atoms with van der Waals surface area (Å²) in [6.07, 6.45) is -0.304. The summed E-state index contributed by atoms with van der Waals surface area (Å²) < 4.78 is 2.56. The molecule has 2 aliphatic rings. The fourth-order valence-corrected chi connectivity index (χ4v) is 8.45. The minimum atomic E-state index is -0.304. The van der Waals surface area contributed by atoms with Crippen LogP contribution in [0.2, 0.25) is 0 Å². The Morgan fingerprint density at radius 3 is 1.87 bits per heavy atom. The third kappa shape index (κ3) is 4.19. The second-order valence-electron chi connectivity index (χ2n) is 12.2. The molecule has 1 aliphatic carbocycles. The van der Waals surface area contributed by atoms with Gasteiger partial charge in [0.25, 0.3) is 0 Å². The SMILES string of the molecule is c1ccc(C2=NC(c3ccc(-c4ccccc4)cc3)=NC(c3cccc4sc5cc6c(cc5c34)-c3cccc4cccc-6c34)N2)cc1. The molecule has 1 atom stereocenters. The summed E-state index contributed by atoms with van der Waals surface area (Å²) >= 11 is 1.86. The van der Waals surface area contributed by atoms with E-state index in [9.17, 15) is 0 Å². The maximum Gasteiger partial charge on any atom is 0.159 e. The Bertz CT molecular complexity index is 2570. The van der Waals surface area contributed by atoms with Gasteiger partial charge in [0.1, 0.15) is 12.0 Å². The van der Waals surface area contributed by atoms with Crippen LogP contribution < -0.4 is 5.32 Å². The largest absolute Gasteiger partial charge is 0.344 e. The Hall–Kier alpha value is -5.84. The van der Waals surface area contributed by atoms with Crippen LogP contribution in [0.5, 0.6) is 0 Å². The van der Waals surface area contributed by atoms with E-state index in [4.69, 9.17) is 9.98 Å². The molecule has 1 unspecified atom stereocenters. The van der Waals surface area contributed by atoms with Gasteiger partial charge in [-0.1, -0.05) is 133 Å². The number of aliphatic imine (C=N–C) groups is 2. The molecule has 220 valence electrons. The van der Waals surface area contributed by atoms with Crippen molar-refractivity contribution >= 4 is 54.0 Å². The van der Waals surface area contributed by atoms with Crippen molar-refractivity contribution in [2.45, 2.75) is 6.17 Å². The predicted molar refractivity (Wildman–Crippen MR) is 199 cm³/mol. The minimum absolute atomic E-state index is 0.304. The third-order valence-electron chi connectivity index (χ3n) is 9.49. The van der Waals surface area contributed by atoms with Crippen LogP contribution in [0, 0.1) is 0 Å². The number of hydrogen-bond donors (Lipinski definition) is 1. The summed E-state index contributed by atoms with van der Waals surface area (Å²) in [6.45, 7) is 0. The average molecular weight is 618 g/mol. The first-order chi connectivity index (χ1) is 23.3. The molecule has 0 saturated heterocycles. The predicted octanol–water partition coefficient (Wildman–Crippen LogP) is 11.0. The van der Waals surface area contributed by atoms with Gasteiger partial charge in [-0.15, -0.1) is 11.3 Å². The molecule has 0 radical (unpaired) electrons. The molecule has 0 amide bonds. The normalized spacial score (nSPS) is 15.0. The lowest BCUT2D eigenvalue weighted by molar-refractivity contribution is 0.680. The molecule has 1 aliphatic heterocycles. The van der Waals surface area contributed by atoms with Gasteiger partial charge < -0.3 is 5.32 Å². The fourth-order valence-electron chi connectivity index (χ4n) is 7.29. The van der Waals surface area contributed by atoms with Crippen LogP contribution in [0.4, 0.5) is 0 Å². The Morgan fingerprint density at radius 1 is 0.489 bits per heavy atom. The Kier molecular flexibility index (Phi) is 5.81. The van der Waals surface area contributed by atoms with Crippen LogP contribution in [-0.2, 0) is 0 Å². The standard InChI is InChI=1S/C43H27N3S/c1-3-10-26(11-4-1)27-20-22-30(23-21-27)42-44-41(29-12-5-2-6-13-29)45-43(46-42)33-18-9-19-37-40(33)36-24-34-31-16-7-14-28-15-8-17-32(39(28)31)35(34)25-38(36)47-37/h1-25,43H,(H,44,45,46). The smallest absolute Gasteiger partial charge is 0.159 e. The van der Waals surface area contributed by atoms with Gasteiger partial charge in [-0.3, -0.25) is 0 Å². The lowest BCUT2D eigenvalue weighted by Gasteiger charge is -2.24. The van der Waals surface area contributed by atoms with Crippen molar-refractivity contribution in [1.29, 1.82) is 0 Å². The number of nitrogens with zero attached hydrogens (tertiary/aromatic N) is 2. The molecule has 1 aromatic heterocycles. The molecule has 10 rings (SSSR count). The number of fused-ring (bicyclic) bond motifs is 6. The van der Waals surface area contributed by atoms with Crippen molar-refractivity contribution in [3.05, 3.63) is 168 Å². The van der Waals surface area contributed by atoms with Crippen LogP contribution in [0.15, 0.2) is 162 Å². The zero-order chi connectivity index (χ0) is 30.9. The lowest BCUT2D eigenvalue weighted by Crippen LogP contribution is -2.33. The molecule has 3 nitrogen and oxygen atoms in total. The number of rotatable bonds is 4. The zero-order valence-corrected chi connectivity index (χ0v) is 26.1. The first kappa shape index (κ1) is 26.4. The average Bonchev–Trinajstić information content (AvgIpc) is 3.67. The highest BCUT2D eigenvalue weighted by Crippen LogP contribution is 2.51. The second kappa shape index (κ2) is 10.3. The maximum absolute atomic E-state index is 5.30. The van der Waals surface area contributed by atoms with Gasteiger partial charge in [0.05, 0.1) is 0 Å². The molecule has 47 heavy (non-hydrogen) atoms. The van der Waals surface area contributed by atoms with E-state index in [0.29, 0.717) is 0 Å². The summed E-state index contributed by atoms with van der Waals surface area (Å²) in [5.41, 5.74) is 10.8. The monoisotopic (exact) mass is 617 g/mol. The van der Waals surface area contributed by atoms with Crippen molar-refractivity contribution in [2.75, 3.05) is 0 Å². The summed E-state index contributed by atoms with van der Waals surface area (Å²) in [5.74, 6) is 1.55. The van der Waals surface area contributed by atoms with Crippen LogP contribution in [-0.4, -0.2) is 11.7 Å². The Morgan fingerprint density at radius 2 is 1.13 bits per heavy atom. The minimum Gasteiger partial charge on any atom is -0.344 e. The number of benzene rings is 7. The highest BCUT2D eigenvalue weighted by molar-refractivity contribution is 7.25. The van der Waals surface area contributed by atoms with Gasteiger partial charge in [-0.2, -0.15) is 0 Å². The van der Waals surface area contributed by atoms with Crippen molar-refractivity contribution < 1.29 is 0 Å². The molecule has 0 bridgehead atoms. The van der Waals surface area contributed by atoms with Gasteiger partial charge in [0, 0.05) is 36.9 Å². The second-order valence-corrected chi connectivity index (χ2v) is 13.3. The number of thiophene rings is 1. The lowest BCUT2D eigenvalue weighted by atomic mass is 9.98. The maximum atomic E-state index is 5.30. The van der Waals surface area contributed by atoms with Gasteiger partial charge in [0.15, 0.2) is 5.84 Å². The highest BCUT2D eigenvalue weighted by Gasteiger charge is 2.26. The molecule has 0 spiro atoms. The molecular formula is C43H27N3S. The Labute approximate surface area is 276 Å². The first-order valence-electron chi connectivity index (χ1n) is 15.9. The van der Waals surface area contributed by atoms with E-state index in [1.165, 1.54) is 64.3 Å². The number of hydrogen-bond acceptors (Lipinski definition) is 4. The highest BCUT2D eigenvalue weighted by atomic mass is 32.1. The summed E-state index contributed by atoms with van der Waals surface area (Å²) in [7, 11) is 0. The van der Waals surface area contributed by atoms with Crippen molar-refractivity contribution in [2.24, 2.45) is 9.98 Å². The van der Waals surface area contributed by atoms with Gasteiger partial charge in [-0.05, 0) is 62.4 Å². The summed E-state index contributed by atoms with van der Waals surface area (Å²) in [4.78, 5) is 10.4. The first-order valence-corrected chi connectivity index (χ1v) is 16.8. The third-order valence-corrected chi connectivity index (χ3v) is 10.6. The molecule has 4 heteroatoms. The van der Waals surface area contributed by atoms with Crippen LogP contribution in [0.25, 0.3) is 64.3 Å². The quantitative estimate of drug-likeness (QED) is 0.210. The van der Waals surface area contributed by atoms with Gasteiger partial charge in [0.2, 0.25) is 0 Å². The van der Waals surface area contributed by atoms with Crippen molar-refractivity contribution in [1.82, 2.24) is 5.32 Å². The molecule has 7 aromatic carbocycles. The van der Waals surface area contributed by atoms with Gasteiger partial charge in [-0.25, -0.2) is 9.98 Å². The van der Waals surface area contributed by atoms with Crippen LogP contribution >= 0.6 is 11.3 Å². The van der Waals surface area contributed by atoms with Crippen LogP contribution in [0.3, 0.4) is 0 Å². The fraction of sp³-hybridized carbons (Fsp3) is 0.0233. The Balaban J connectivity index is 1.14. The summed E-state index contributed by atoms with van der Waals surface area (Å²) in [5, 5.41) is 8.91. The van der Waals surface area contributed by atoms with E-state index >= 15 is 0 Å². The molecule has 0 fully saturated rings. The molecule has 1 N–H and O–H groups in total. The summed E-state index contributed by atoms with van der Waals surface area (Å²) in [6, 6.07) is 54.2. The van der Waals surface area contributed by atoms with Crippen LogP contribution in [0.1, 0.15) is 22.9 Å². The molecule has 0 saturated carbocycles. The molecule has 8 aromatic rings. The topological polar surface area (TPSA) is 36.8 Å². The van der Waals surface area contributed by atoms with E-state index in [-0.39, 0.29) is 6.17 Å². The molecular weight excluding hydrogens is 591 g/mol. The van der Waals surface area contributed by atoms with E-state index in [0.717, 1.165) is 28.4 Å². The van der Waals surface area contributed by atoms with Crippen molar-refractivity contribution in [3.8, 4) is 33.4 Å². The zero-order valence-electron chi connectivity index (χ0n) is 25.3. The van der Waals surface area contributed by atoms with E-state index < -0.39 is 0 Å². The molecule has 2 heterocycles. The van der Waals surface area contributed by atoms with E-state index in [1.54, 1.807) is 0 Å².